The van der Waals surface area contributed by atoms with Gasteiger partial charge in [-0.1, -0.05) is 0 Å². The molecule has 108 valence electrons. The standard InChI is InChI=1S/C13H16N8/c14-11-12(17-2-1-5-20-6-3-15-9-20)18-8-19-13(11)21-7-4-16-10-21/h3-4,6-10H,1-2,5,14H2,(H,17,18,19). The van der Waals surface area contributed by atoms with Crippen LogP contribution in [0.1, 0.15) is 6.42 Å². The molecule has 0 aliphatic carbocycles. The number of aromatic nitrogens is 6. The Labute approximate surface area is 121 Å². The van der Waals surface area contributed by atoms with E-state index in [1.165, 1.54) is 6.33 Å². The number of anilines is 2. The first-order valence-corrected chi connectivity index (χ1v) is 6.63. The van der Waals surface area contributed by atoms with Gasteiger partial charge in [-0.3, -0.25) is 4.57 Å². The van der Waals surface area contributed by atoms with Gasteiger partial charge in [0.25, 0.3) is 0 Å². The number of nitrogens with two attached hydrogens (primary N) is 1. The molecule has 8 nitrogen and oxygen atoms in total. The van der Waals surface area contributed by atoms with Gasteiger partial charge in [0, 0.05) is 37.9 Å². The zero-order valence-electron chi connectivity index (χ0n) is 11.4. The fourth-order valence-corrected chi connectivity index (χ4v) is 2.00. The predicted molar refractivity (Wildman–Crippen MR) is 78.9 cm³/mol. The van der Waals surface area contributed by atoms with E-state index in [1.807, 2.05) is 10.8 Å². The molecular formula is C13H16N8. The highest BCUT2D eigenvalue weighted by Crippen LogP contribution is 2.20. The van der Waals surface area contributed by atoms with Crippen LogP contribution in [-0.2, 0) is 6.54 Å². The van der Waals surface area contributed by atoms with Crippen molar-refractivity contribution in [3.63, 3.8) is 0 Å². The van der Waals surface area contributed by atoms with Gasteiger partial charge in [0.15, 0.2) is 11.6 Å². The minimum absolute atomic E-state index is 0.512. The van der Waals surface area contributed by atoms with E-state index in [0.29, 0.717) is 17.3 Å². The number of rotatable bonds is 6. The average Bonchev–Trinajstić information content (AvgIpc) is 3.18. The van der Waals surface area contributed by atoms with Gasteiger partial charge < -0.3 is 15.6 Å². The Hall–Kier alpha value is -2.90. The van der Waals surface area contributed by atoms with E-state index in [1.54, 1.807) is 35.8 Å². The molecule has 3 aromatic heterocycles. The van der Waals surface area contributed by atoms with Crippen LogP contribution in [-0.4, -0.2) is 35.6 Å². The van der Waals surface area contributed by atoms with Gasteiger partial charge in [0.1, 0.15) is 18.3 Å². The molecule has 0 unspecified atom stereocenters. The number of nitrogen functional groups attached to an aromatic ring is 1. The molecule has 0 radical (unpaired) electrons. The molecule has 8 heteroatoms. The molecule has 0 saturated heterocycles. The maximum Gasteiger partial charge on any atom is 0.166 e. The van der Waals surface area contributed by atoms with E-state index >= 15 is 0 Å². The average molecular weight is 284 g/mol. The largest absolute Gasteiger partial charge is 0.393 e. The zero-order chi connectivity index (χ0) is 14.5. The van der Waals surface area contributed by atoms with Crippen molar-refractivity contribution in [1.82, 2.24) is 29.1 Å². The summed E-state index contributed by atoms with van der Waals surface area (Å²) in [6, 6.07) is 0. The van der Waals surface area contributed by atoms with E-state index in [0.717, 1.165) is 19.5 Å². The molecule has 0 aromatic carbocycles. The molecule has 0 bridgehead atoms. The van der Waals surface area contributed by atoms with Gasteiger partial charge in [-0.15, -0.1) is 0 Å². The lowest BCUT2D eigenvalue weighted by Gasteiger charge is -2.11. The minimum atomic E-state index is 0.512. The fourth-order valence-electron chi connectivity index (χ4n) is 2.00. The van der Waals surface area contributed by atoms with Crippen molar-refractivity contribution in [3.8, 4) is 5.82 Å². The third-order valence-corrected chi connectivity index (χ3v) is 3.06. The molecule has 0 spiro atoms. The number of hydrogen-bond acceptors (Lipinski definition) is 6. The molecule has 3 rings (SSSR count). The van der Waals surface area contributed by atoms with Crippen LogP contribution in [0.4, 0.5) is 11.5 Å². The van der Waals surface area contributed by atoms with E-state index < -0.39 is 0 Å². The van der Waals surface area contributed by atoms with Crippen LogP contribution in [0.5, 0.6) is 0 Å². The normalized spacial score (nSPS) is 10.7. The van der Waals surface area contributed by atoms with Crippen molar-refractivity contribution in [2.45, 2.75) is 13.0 Å². The van der Waals surface area contributed by atoms with Crippen molar-refractivity contribution >= 4 is 11.5 Å². The molecule has 0 saturated carbocycles. The van der Waals surface area contributed by atoms with E-state index in [4.69, 9.17) is 5.73 Å². The summed E-state index contributed by atoms with van der Waals surface area (Å²) in [5, 5.41) is 3.23. The van der Waals surface area contributed by atoms with Crippen LogP contribution in [0, 0.1) is 0 Å². The van der Waals surface area contributed by atoms with E-state index in [9.17, 15) is 0 Å². The lowest BCUT2D eigenvalue weighted by atomic mass is 10.3. The lowest BCUT2D eigenvalue weighted by Crippen LogP contribution is -2.11. The van der Waals surface area contributed by atoms with Crippen molar-refractivity contribution in [2.24, 2.45) is 0 Å². The molecule has 0 atom stereocenters. The van der Waals surface area contributed by atoms with Crippen molar-refractivity contribution < 1.29 is 0 Å². The number of aryl methyl sites for hydroxylation is 1. The Kier molecular flexibility index (Phi) is 3.77. The zero-order valence-corrected chi connectivity index (χ0v) is 11.4. The van der Waals surface area contributed by atoms with Crippen molar-refractivity contribution in [1.29, 1.82) is 0 Å². The number of hydrogen-bond donors (Lipinski definition) is 2. The summed E-state index contributed by atoms with van der Waals surface area (Å²) >= 11 is 0. The second kappa shape index (κ2) is 6.04. The number of imidazole rings is 2. The Bertz CT molecular complexity index is 674. The van der Waals surface area contributed by atoms with E-state index in [-0.39, 0.29) is 0 Å². The minimum Gasteiger partial charge on any atom is -0.393 e. The highest BCUT2D eigenvalue weighted by atomic mass is 15.1. The summed E-state index contributed by atoms with van der Waals surface area (Å²) in [5.41, 5.74) is 6.61. The van der Waals surface area contributed by atoms with Gasteiger partial charge in [0.2, 0.25) is 0 Å². The lowest BCUT2D eigenvalue weighted by molar-refractivity contribution is 0.660. The maximum atomic E-state index is 6.10. The van der Waals surface area contributed by atoms with Gasteiger partial charge >= 0.3 is 0 Å². The van der Waals surface area contributed by atoms with Crippen LogP contribution in [0.25, 0.3) is 5.82 Å². The van der Waals surface area contributed by atoms with Gasteiger partial charge in [-0.05, 0) is 6.42 Å². The first kappa shape index (κ1) is 13.1. The van der Waals surface area contributed by atoms with Crippen molar-refractivity contribution in [2.75, 3.05) is 17.6 Å². The third-order valence-electron chi connectivity index (χ3n) is 3.06. The number of nitrogens with zero attached hydrogens (tertiary/aromatic N) is 6. The van der Waals surface area contributed by atoms with Crippen LogP contribution in [0.2, 0.25) is 0 Å². The maximum absolute atomic E-state index is 6.10. The summed E-state index contributed by atoms with van der Waals surface area (Å²) < 4.78 is 3.79. The smallest absolute Gasteiger partial charge is 0.166 e. The third kappa shape index (κ3) is 2.99. The Morgan fingerprint density at radius 2 is 1.95 bits per heavy atom. The van der Waals surface area contributed by atoms with Crippen molar-refractivity contribution in [3.05, 3.63) is 43.8 Å². The molecule has 0 aliphatic heterocycles. The fraction of sp³-hybridized carbons (Fsp3) is 0.231. The molecular weight excluding hydrogens is 268 g/mol. The molecule has 3 N–H and O–H groups in total. The summed E-state index contributed by atoms with van der Waals surface area (Å²) in [6.45, 7) is 1.66. The topological polar surface area (TPSA) is 99.5 Å². The van der Waals surface area contributed by atoms with Crippen LogP contribution in [0.3, 0.4) is 0 Å². The summed E-state index contributed by atoms with van der Waals surface area (Å²) in [6.07, 6.45) is 13.1. The first-order valence-electron chi connectivity index (χ1n) is 6.63. The second-order valence-corrected chi connectivity index (χ2v) is 4.51. The monoisotopic (exact) mass is 284 g/mol. The Balaban J connectivity index is 1.62. The van der Waals surface area contributed by atoms with Gasteiger partial charge in [0.05, 0.1) is 6.33 Å². The Morgan fingerprint density at radius 1 is 1.10 bits per heavy atom. The SMILES string of the molecule is Nc1c(NCCCn2ccnc2)ncnc1-n1ccnc1. The summed E-state index contributed by atoms with van der Waals surface area (Å²) in [4.78, 5) is 16.4. The van der Waals surface area contributed by atoms with Crippen LogP contribution in [0.15, 0.2) is 43.8 Å². The highest BCUT2D eigenvalue weighted by molar-refractivity contribution is 5.69. The predicted octanol–water partition coefficient (Wildman–Crippen LogP) is 0.943. The molecule has 3 aromatic rings. The Morgan fingerprint density at radius 3 is 2.71 bits per heavy atom. The van der Waals surface area contributed by atoms with Gasteiger partial charge in [-0.25, -0.2) is 19.9 Å². The van der Waals surface area contributed by atoms with Crippen LogP contribution < -0.4 is 11.1 Å². The molecule has 0 amide bonds. The molecule has 3 heterocycles. The second-order valence-electron chi connectivity index (χ2n) is 4.51. The number of nitrogens with one attached hydrogen (secondary N) is 1. The molecule has 0 fully saturated rings. The highest BCUT2D eigenvalue weighted by Gasteiger charge is 2.08. The quantitative estimate of drug-likeness (QED) is 0.654. The molecule has 0 aliphatic rings. The van der Waals surface area contributed by atoms with Gasteiger partial charge in [-0.2, -0.15) is 0 Å². The van der Waals surface area contributed by atoms with Crippen LogP contribution >= 0.6 is 0 Å². The van der Waals surface area contributed by atoms with E-state index in [2.05, 4.69) is 25.3 Å². The first-order chi connectivity index (χ1) is 10.3. The molecule has 21 heavy (non-hydrogen) atoms. The summed E-state index contributed by atoms with van der Waals surface area (Å²) in [5.74, 6) is 1.26. The summed E-state index contributed by atoms with van der Waals surface area (Å²) in [7, 11) is 0.